The average Bonchev–Trinajstić information content (AvgIpc) is 3.45. The van der Waals surface area contributed by atoms with Gasteiger partial charge in [0.2, 0.25) is 15.9 Å². The molecular formula is C29H40F3N5O3S. The molecule has 1 unspecified atom stereocenters. The van der Waals surface area contributed by atoms with Crippen molar-refractivity contribution in [3.63, 3.8) is 0 Å². The fraction of sp³-hybridized carbons (Fsp3) is 0.621. The first-order chi connectivity index (χ1) is 19.4. The summed E-state index contributed by atoms with van der Waals surface area (Å²) >= 11 is 0. The third kappa shape index (κ3) is 6.50. The topological polar surface area (TPSA) is 69.1 Å². The summed E-state index contributed by atoms with van der Waals surface area (Å²) in [5, 5.41) is 0. The summed E-state index contributed by atoms with van der Waals surface area (Å²) in [4.78, 5) is 19.8. The molecule has 1 saturated carbocycles. The number of likely N-dealkylation sites (N-methyl/N-ethyl adjacent to an activating group) is 1. The molecule has 1 saturated heterocycles. The zero-order chi connectivity index (χ0) is 29.4. The first kappa shape index (κ1) is 30.1. The van der Waals surface area contributed by atoms with Gasteiger partial charge in [-0.2, -0.15) is 17.5 Å². The lowest BCUT2D eigenvalue weighted by atomic mass is 9.88. The smallest absolute Gasteiger partial charge is 0.349 e. The van der Waals surface area contributed by atoms with Gasteiger partial charge in [0.25, 0.3) is 0 Å². The fourth-order valence-electron chi connectivity index (χ4n) is 6.64. The van der Waals surface area contributed by atoms with E-state index in [4.69, 9.17) is 0 Å². The molecule has 2 aromatic rings. The van der Waals surface area contributed by atoms with Crippen molar-refractivity contribution in [3.8, 4) is 0 Å². The van der Waals surface area contributed by atoms with E-state index < -0.39 is 32.7 Å². The molecule has 1 aromatic carbocycles. The molecule has 2 aliphatic heterocycles. The Kier molecular flexibility index (Phi) is 8.84. The van der Waals surface area contributed by atoms with Gasteiger partial charge in [-0.15, -0.1) is 0 Å². The maximum Gasteiger partial charge on any atom is 0.416 e. The predicted octanol–water partition coefficient (Wildman–Crippen LogP) is 4.05. The number of benzene rings is 1. The third-order valence-corrected chi connectivity index (χ3v) is 11.0. The number of rotatable bonds is 7. The second-order valence-corrected chi connectivity index (χ2v) is 13.5. The van der Waals surface area contributed by atoms with E-state index in [1.54, 1.807) is 0 Å². The highest BCUT2D eigenvalue weighted by molar-refractivity contribution is 7.89. The number of alkyl halides is 3. The maximum atomic E-state index is 13.7. The molecule has 41 heavy (non-hydrogen) atoms. The van der Waals surface area contributed by atoms with Crippen molar-refractivity contribution in [2.24, 2.45) is 0 Å². The number of sulfonamides is 1. The Bertz CT molecular complexity index is 1320. The van der Waals surface area contributed by atoms with Crippen molar-refractivity contribution in [1.29, 1.82) is 0 Å². The zero-order valence-electron chi connectivity index (χ0n) is 23.8. The Morgan fingerprint density at radius 3 is 2.51 bits per heavy atom. The molecular weight excluding hydrogens is 555 g/mol. The van der Waals surface area contributed by atoms with E-state index in [0.29, 0.717) is 18.7 Å². The number of nitrogens with zero attached hydrogens (tertiary/aromatic N) is 5. The van der Waals surface area contributed by atoms with E-state index in [2.05, 4.69) is 16.8 Å². The van der Waals surface area contributed by atoms with Crippen molar-refractivity contribution in [1.82, 2.24) is 23.6 Å². The Balaban J connectivity index is 1.29. The van der Waals surface area contributed by atoms with Crippen LogP contribution in [-0.2, 0) is 27.5 Å². The average molecular weight is 596 g/mol. The Hall–Kier alpha value is -2.41. The van der Waals surface area contributed by atoms with Gasteiger partial charge in [-0.1, -0.05) is 6.07 Å². The molecule has 226 valence electrons. The van der Waals surface area contributed by atoms with Crippen molar-refractivity contribution >= 4 is 15.9 Å². The van der Waals surface area contributed by atoms with Crippen LogP contribution in [0.2, 0.25) is 0 Å². The van der Waals surface area contributed by atoms with Crippen LogP contribution in [0.15, 0.2) is 47.5 Å². The maximum absolute atomic E-state index is 13.7. The second kappa shape index (κ2) is 12.1. The minimum absolute atomic E-state index is 0.0332. The SMILES string of the molecule is CN1CCN([C@@H]2CCC[C@H](N(C)C(=O)CCC3c4cccn4CCN3S(=O)(=O)c3cccc(C(F)(F)F)c3)C2)CC1. The molecule has 0 N–H and O–H groups in total. The van der Waals surface area contributed by atoms with Gasteiger partial charge in [0.1, 0.15) is 0 Å². The van der Waals surface area contributed by atoms with Crippen molar-refractivity contribution < 1.29 is 26.4 Å². The Morgan fingerprint density at radius 2 is 1.78 bits per heavy atom. The van der Waals surface area contributed by atoms with E-state index in [1.807, 2.05) is 34.8 Å². The van der Waals surface area contributed by atoms with E-state index in [0.717, 1.165) is 69.7 Å². The predicted molar refractivity (Wildman–Crippen MR) is 150 cm³/mol. The molecule has 3 aliphatic rings. The molecule has 8 nitrogen and oxygen atoms in total. The second-order valence-electron chi connectivity index (χ2n) is 11.6. The van der Waals surface area contributed by atoms with Crippen molar-refractivity contribution in [3.05, 3.63) is 53.9 Å². The van der Waals surface area contributed by atoms with Crippen LogP contribution in [0.5, 0.6) is 0 Å². The zero-order valence-corrected chi connectivity index (χ0v) is 24.6. The highest BCUT2D eigenvalue weighted by atomic mass is 32.2. The highest BCUT2D eigenvalue weighted by Crippen LogP contribution is 2.37. The minimum atomic E-state index is -4.65. The molecule has 1 aliphatic carbocycles. The molecule has 1 aromatic heterocycles. The van der Waals surface area contributed by atoms with Gasteiger partial charge in [-0.05, 0) is 69.5 Å². The van der Waals surface area contributed by atoms with Gasteiger partial charge in [-0.3, -0.25) is 9.69 Å². The van der Waals surface area contributed by atoms with Gasteiger partial charge in [-0.25, -0.2) is 8.42 Å². The van der Waals surface area contributed by atoms with E-state index in [9.17, 15) is 26.4 Å². The van der Waals surface area contributed by atoms with E-state index >= 15 is 0 Å². The lowest BCUT2D eigenvalue weighted by Crippen LogP contribution is -2.52. The normalized spacial score (nSPS) is 25.1. The molecule has 0 spiro atoms. The molecule has 1 amide bonds. The number of hydrogen-bond acceptors (Lipinski definition) is 5. The van der Waals surface area contributed by atoms with Gasteiger partial charge < -0.3 is 14.4 Å². The number of amides is 1. The summed E-state index contributed by atoms with van der Waals surface area (Å²) in [5.41, 5.74) is -0.260. The standard InChI is InChI=1S/C29H40F3N5O3S/c1-33-14-16-35(17-15-33)24-8-4-7-23(21-24)34(2)28(38)12-11-27-26-10-5-13-36(26)18-19-37(27)41(39,40)25-9-3-6-22(20-25)29(30,31)32/h3,5-6,9-10,13,20,23-24,27H,4,7-8,11-12,14-19,21H2,1-2H3/t23-,24+,27?/m0/s1. The van der Waals surface area contributed by atoms with Crippen LogP contribution >= 0.6 is 0 Å². The first-order valence-corrected chi connectivity index (χ1v) is 15.9. The molecule has 2 fully saturated rings. The van der Waals surface area contributed by atoms with Crippen molar-refractivity contribution in [2.45, 2.75) is 74.3 Å². The molecule has 0 bridgehead atoms. The molecule has 3 heterocycles. The largest absolute Gasteiger partial charge is 0.416 e. The van der Waals surface area contributed by atoms with Crippen LogP contribution in [0.25, 0.3) is 0 Å². The number of halogens is 3. The minimum Gasteiger partial charge on any atom is -0.349 e. The third-order valence-electron chi connectivity index (χ3n) is 9.13. The summed E-state index contributed by atoms with van der Waals surface area (Å²) in [6, 6.07) is 7.49. The van der Waals surface area contributed by atoms with E-state index in [1.165, 1.54) is 10.4 Å². The lowest BCUT2D eigenvalue weighted by Gasteiger charge is -2.43. The summed E-state index contributed by atoms with van der Waals surface area (Å²) in [5.74, 6) is -0.0332. The Labute approximate surface area is 240 Å². The summed E-state index contributed by atoms with van der Waals surface area (Å²) in [7, 11) is -0.252. The van der Waals surface area contributed by atoms with Crippen molar-refractivity contribution in [2.75, 3.05) is 46.8 Å². The summed E-state index contributed by atoms with van der Waals surface area (Å²) < 4.78 is 70.7. The summed E-state index contributed by atoms with van der Waals surface area (Å²) in [6.07, 6.45) is 1.72. The van der Waals surface area contributed by atoms with Gasteiger partial charge >= 0.3 is 6.18 Å². The number of fused-ring (bicyclic) bond motifs is 1. The monoisotopic (exact) mass is 595 g/mol. The van der Waals surface area contributed by atoms with Crippen LogP contribution in [0, 0.1) is 0 Å². The van der Waals surface area contributed by atoms with Crippen LogP contribution < -0.4 is 0 Å². The van der Waals surface area contributed by atoms with Crippen LogP contribution in [0.1, 0.15) is 55.8 Å². The van der Waals surface area contributed by atoms with Crippen LogP contribution in [-0.4, -0.2) is 96.8 Å². The highest BCUT2D eigenvalue weighted by Gasteiger charge is 2.39. The first-order valence-electron chi connectivity index (χ1n) is 14.5. The number of aromatic nitrogens is 1. The fourth-order valence-corrected chi connectivity index (χ4v) is 8.31. The molecule has 5 rings (SSSR count). The number of carbonyl (C=O) groups is 1. The van der Waals surface area contributed by atoms with Crippen LogP contribution in [0.4, 0.5) is 13.2 Å². The van der Waals surface area contributed by atoms with E-state index in [-0.39, 0.29) is 31.3 Å². The van der Waals surface area contributed by atoms with Crippen LogP contribution in [0.3, 0.4) is 0 Å². The lowest BCUT2D eigenvalue weighted by molar-refractivity contribution is -0.137. The quantitative estimate of drug-likeness (QED) is 0.483. The molecule has 0 radical (unpaired) electrons. The number of piperazine rings is 1. The van der Waals surface area contributed by atoms with Gasteiger partial charge in [0.15, 0.2) is 0 Å². The number of carbonyl (C=O) groups excluding carboxylic acids is 1. The van der Waals surface area contributed by atoms with Gasteiger partial charge in [0, 0.05) is 76.7 Å². The molecule has 12 heteroatoms. The Morgan fingerprint density at radius 1 is 1.02 bits per heavy atom. The summed E-state index contributed by atoms with van der Waals surface area (Å²) in [6.45, 7) is 4.70. The molecule has 3 atom stereocenters. The number of hydrogen-bond donors (Lipinski definition) is 0. The van der Waals surface area contributed by atoms with Gasteiger partial charge in [0.05, 0.1) is 16.5 Å².